The normalized spacial score (nSPS) is 15.3. The number of rotatable bonds is 5. The Morgan fingerprint density at radius 1 is 1.17 bits per heavy atom. The molecule has 0 radical (unpaired) electrons. The number of hydrogen-bond acceptors (Lipinski definition) is 6. The van der Waals surface area contributed by atoms with E-state index >= 15 is 0 Å². The number of fused-ring (bicyclic) bond motifs is 1. The van der Waals surface area contributed by atoms with Gasteiger partial charge in [0.1, 0.15) is 18.2 Å². The Hall–Kier alpha value is -2.51. The summed E-state index contributed by atoms with van der Waals surface area (Å²) in [7, 11) is -2.23. The molecule has 2 aromatic carbocycles. The topological polar surface area (TPSA) is 73.7 Å². The number of benzene rings is 2. The van der Waals surface area contributed by atoms with Gasteiger partial charge in [0.2, 0.25) is 0 Å². The summed E-state index contributed by atoms with van der Waals surface area (Å²) in [5.41, 5.74) is 4.56. The molecule has 1 saturated heterocycles. The van der Waals surface area contributed by atoms with E-state index in [0.29, 0.717) is 12.1 Å². The summed E-state index contributed by atoms with van der Waals surface area (Å²) >= 11 is 0. The molecule has 1 aliphatic rings. The predicted octanol–water partition coefficient (Wildman–Crippen LogP) is 4.45. The highest BCUT2D eigenvalue weighted by Gasteiger charge is 2.18. The van der Waals surface area contributed by atoms with Crippen molar-refractivity contribution in [2.24, 2.45) is 4.36 Å². The molecule has 4 rings (SSSR count). The average molecular weight is 426 g/mol. The van der Waals surface area contributed by atoms with Gasteiger partial charge in [-0.3, -0.25) is 0 Å². The number of hydrogen-bond donors (Lipinski definition) is 0. The van der Waals surface area contributed by atoms with Crippen molar-refractivity contribution in [3.05, 3.63) is 59.5 Å². The maximum absolute atomic E-state index is 12.1. The molecule has 1 aromatic heterocycles. The zero-order valence-electron chi connectivity index (χ0n) is 17.6. The third kappa shape index (κ3) is 4.96. The molecule has 0 spiro atoms. The number of para-hydroxylation sites is 1. The molecule has 0 bridgehead atoms. The molecule has 0 unspecified atom stereocenters. The van der Waals surface area contributed by atoms with E-state index in [9.17, 15) is 4.21 Å². The van der Waals surface area contributed by atoms with Crippen molar-refractivity contribution in [3.63, 3.8) is 0 Å². The maximum atomic E-state index is 12.1. The van der Waals surface area contributed by atoms with E-state index in [4.69, 9.17) is 9.47 Å². The van der Waals surface area contributed by atoms with Crippen molar-refractivity contribution in [2.45, 2.75) is 32.3 Å². The first-order valence-electron chi connectivity index (χ1n) is 10.1. The minimum absolute atomic E-state index is 0.186. The third-order valence-electron chi connectivity index (χ3n) is 5.12. The molecule has 3 aromatic rings. The number of nitrogens with zero attached hydrogens (tertiary/aromatic N) is 3. The summed E-state index contributed by atoms with van der Waals surface area (Å²) < 4.78 is 28.2. The zero-order valence-corrected chi connectivity index (χ0v) is 18.4. The number of ether oxygens (including phenoxy) is 2. The standard InChI is InChI=1S/C23H27N3O3S/c1-16-12-18(26-30(2,3)27)14-21-23(16)20(24-15-25-21)13-17-6-4-5-7-22(17)29-19-8-10-28-11-9-19/h4-7,12,14-15,19H,8-11,13H2,1-3H3. The largest absolute Gasteiger partial charge is 0.490 e. The monoisotopic (exact) mass is 425 g/mol. The molecular formula is C23H27N3O3S. The van der Waals surface area contributed by atoms with E-state index < -0.39 is 9.73 Å². The van der Waals surface area contributed by atoms with Crippen LogP contribution >= 0.6 is 0 Å². The van der Waals surface area contributed by atoms with Gasteiger partial charge in [-0.15, -0.1) is 0 Å². The average Bonchev–Trinajstić information content (AvgIpc) is 2.69. The van der Waals surface area contributed by atoms with Crippen molar-refractivity contribution >= 4 is 26.3 Å². The van der Waals surface area contributed by atoms with Gasteiger partial charge in [-0.25, -0.2) is 14.2 Å². The smallest absolute Gasteiger partial charge is 0.123 e. The van der Waals surface area contributed by atoms with E-state index in [2.05, 4.69) is 20.4 Å². The molecular weight excluding hydrogens is 398 g/mol. The molecule has 6 nitrogen and oxygen atoms in total. The Morgan fingerprint density at radius 2 is 1.93 bits per heavy atom. The van der Waals surface area contributed by atoms with Crippen LogP contribution in [0.15, 0.2) is 47.1 Å². The fraction of sp³-hybridized carbons (Fsp3) is 0.391. The second-order valence-corrected chi connectivity index (χ2v) is 10.5. The minimum Gasteiger partial charge on any atom is -0.490 e. The highest BCUT2D eigenvalue weighted by atomic mass is 32.2. The van der Waals surface area contributed by atoms with Crippen molar-refractivity contribution in [1.29, 1.82) is 0 Å². The first kappa shape index (κ1) is 20.8. The van der Waals surface area contributed by atoms with E-state index in [1.54, 1.807) is 18.8 Å². The Morgan fingerprint density at radius 3 is 2.70 bits per heavy atom. The Bertz CT molecular complexity index is 1170. The summed E-state index contributed by atoms with van der Waals surface area (Å²) in [5, 5.41) is 1.01. The van der Waals surface area contributed by atoms with Crippen LogP contribution in [0.1, 0.15) is 29.7 Å². The molecule has 30 heavy (non-hydrogen) atoms. The van der Waals surface area contributed by atoms with Crippen LogP contribution in [0.25, 0.3) is 10.9 Å². The van der Waals surface area contributed by atoms with Crippen LogP contribution in [0.2, 0.25) is 0 Å². The van der Waals surface area contributed by atoms with Crippen LogP contribution in [0.4, 0.5) is 5.69 Å². The number of aryl methyl sites for hydroxylation is 1. The lowest BCUT2D eigenvalue weighted by atomic mass is 10.0. The van der Waals surface area contributed by atoms with E-state index in [1.165, 1.54) is 0 Å². The Balaban J connectivity index is 1.69. The Labute approximate surface area is 177 Å². The van der Waals surface area contributed by atoms with Gasteiger partial charge in [-0.05, 0) is 30.7 Å². The summed E-state index contributed by atoms with van der Waals surface area (Å²) in [6.07, 6.45) is 7.50. The van der Waals surface area contributed by atoms with E-state index in [-0.39, 0.29) is 6.10 Å². The summed E-state index contributed by atoms with van der Waals surface area (Å²) in [6, 6.07) is 12.0. The summed E-state index contributed by atoms with van der Waals surface area (Å²) in [6.45, 7) is 3.52. The summed E-state index contributed by atoms with van der Waals surface area (Å²) in [5.74, 6) is 0.900. The minimum atomic E-state index is -2.23. The molecule has 0 amide bonds. The first-order valence-corrected chi connectivity index (χ1v) is 12.5. The second-order valence-electron chi connectivity index (χ2n) is 7.96. The van der Waals surface area contributed by atoms with Gasteiger partial charge in [0.15, 0.2) is 0 Å². The third-order valence-corrected chi connectivity index (χ3v) is 5.77. The lowest BCUT2D eigenvalue weighted by Gasteiger charge is -2.24. The van der Waals surface area contributed by atoms with Gasteiger partial charge in [-0.1, -0.05) is 18.2 Å². The van der Waals surface area contributed by atoms with Gasteiger partial charge in [0.05, 0.1) is 30.1 Å². The van der Waals surface area contributed by atoms with Gasteiger partial charge < -0.3 is 9.47 Å². The van der Waals surface area contributed by atoms with Crippen molar-refractivity contribution in [3.8, 4) is 5.75 Å². The summed E-state index contributed by atoms with van der Waals surface area (Å²) in [4.78, 5) is 9.02. The van der Waals surface area contributed by atoms with Crippen LogP contribution in [-0.2, 0) is 20.9 Å². The van der Waals surface area contributed by atoms with Gasteiger partial charge in [-0.2, -0.15) is 4.36 Å². The fourth-order valence-corrected chi connectivity index (χ4v) is 4.42. The van der Waals surface area contributed by atoms with Crippen molar-refractivity contribution in [2.75, 3.05) is 25.7 Å². The molecule has 2 heterocycles. The molecule has 0 saturated carbocycles. The molecule has 1 fully saturated rings. The first-order chi connectivity index (χ1) is 14.4. The maximum Gasteiger partial charge on any atom is 0.123 e. The molecule has 0 N–H and O–H groups in total. The fourth-order valence-electron chi connectivity index (χ4n) is 3.81. The molecule has 1 aliphatic heterocycles. The molecule has 0 aliphatic carbocycles. The van der Waals surface area contributed by atoms with E-state index in [0.717, 1.165) is 59.5 Å². The van der Waals surface area contributed by atoms with Gasteiger partial charge >= 0.3 is 0 Å². The predicted molar refractivity (Wildman–Crippen MR) is 120 cm³/mol. The highest BCUT2D eigenvalue weighted by molar-refractivity contribution is 7.92. The van der Waals surface area contributed by atoms with Crippen molar-refractivity contribution in [1.82, 2.24) is 9.97 Å². The van der Waals surface area contributed by atoms with E-state index in [1.807, 2.05) is 37.3 Å². The quantitative estimate of drug-likeness (QED) is 0.604. The Kier molecular flexibility index (Phi) is 6.01. The van der Waals surface area contributed by atoms with Crippen LogP contribution in [0, 0.1) is 6.92 Å². The van der Waals surface area contributed by atoms with Gasteiger partial charge in [0.25, 0.3) is 0 Å². The molecule has 7 heteroatoms. The van der Waals surface area contributed by atoms with Crippen LogP contribution in [0.5, 0.6) is 5.75 Å². The zero-order chi connectivity index (χ0) is 21.1. The lowest BCUT2D eigenvalue weighted by molar-refractivity contribution is 0.0252. The van der Waals surface area contributed by atoms with Crippen LogP contribution in [-0.4, -0.2) is 46.0 Å². The van der Waals surface area contributed by atoms with Gasteiger partial charge in [0, 0.05) is 52.5 Å². The number of aromatic nitrogens is 2. The lowest BCUT2D eigenvalue weighted by Crippen LogP contribution is -2.26. The van der Waals surface area contributed by atoms with Crippen LogP contribution < -0.4 is 4.74 Å². The highest BCUT2D eigenvalue weighted by Crippen LogP contribution is 2.30. The SMILES string of the molecule is Cc1cc(N=S(C)(C)=O)cc2ncnc(Cc3ccccc3OC3CCOCC3)c12. The molecule has 0 atom stereocenters. The molecule has 158 valence electrons. The second kappa shape index (κ2) is 8.70. The van der Waals surface area contributed by atoms with Crippen LogP contribution in [0.3, 0.4) is 0 Å². The van der Waals surface area contributed by atoms with Crippen molar-refractivity contribution < 1.29 is 13.7 Å².